The Morgan fingerprint density at radius 1 is 1.61 bits per heavy atom. The number of furan rings is 1. The summed E-state index contributed by atoms with van der Waals surface area (Å²) < 4.78 is 15.3. The first-order valence-electron chi connectivity index (χ1n) is 5.83. The Kier molecular flexibility index (Phi) is 4.63. The van der Waals surface area contributed by atoms with E-state index in [2.05, 4.69) is 10.1 Å². The number of halogens is 1. The molecule has 0 aromatic carbocycles. The van der Waals surface area contributed by atoms with Gasteiger partial charge in [-0.1, -0.05) is 0 Å². The lowest BCUT2D eigenvalue weighted by Crippen LogP contribution is -2.32. The molecule has 6 heteroatoms. The molecule has 1 aromatic rings. The van der Waals surface area contributed by atoms with E-state index in [0.29, 0.717) is 19.0 Å². The Hall–Kier alpha value is -1.04. The molecule has 2 atom stereocenters. The maximum absolute atomic E-state index is 11.2. The maximum atomic E-state index is 11.2. The molecule has 2 heterocycles. The number of methoxy groups -OCH3 is 1. The van der Waals surface area contributed by atoms with Crippen molar-refractivity contribution in [3.63, 3.8) is 0 Å². The van der Waals surface area contributed by atoms with Crippen LogP contribution in [0.4, 0.5) is 0 Å². The average molecular weight is 274 g/mol. The van der Waals surface area contributed by atoms with Gasteiger partial charge in [-0.3, -0.25) is 0 Å². The molecule has 100 valence electrons. The fraction of sp³-hybridized carbons (Fsp3) is 0.583. The first-order chi connectivity index (χ1) is 8.70. The molecule has 0 aliphatic carbocycles. The SMILES string of the molecule is COC(=O)c1ccc(COCC2NCCC2Cl)o1. The predicted octanol–water partition coefficient (Wildman–Crippen LogP) is 1.55. The number of nitrogens with one attached hydrogen (secondary N) is 1. The lowest BCUT2D eigenvalue weighted by atomic mass is 10.2. The molecule has 1 aromatic heterocycles. The van der Waals surface area contributed by atoms with Crippen molar-refractivity contribution in [3.05, 3.63) is 23.7 Å². The molecular formula is C12H16ClNO4. The van der Waals surface area contributed by atoms with Gasteiger partial charge < -0.3 is 19.2 Å². The summed E-state index contributed by atoms with van der Waals surface area (Å²) in [6, 6.07) is 3.46. The molecule has 1 fully saturated rings. The van der Waals surface area contributed by atoms with Gasteiger partial charge in [0.05, 0.1) is 19.1 Å². The number of hydrogen-bond acceptors (Lipinski definition) is 5. The van der Waals surface area contributed by atoms with Crippen LogP contribution in [0.25, 0.3) is 0 Å². The van der Waals surface area contributed by atoms with Crippen LogP contribution in [0.15, 0.2) is 16.5 Å². The van der Waals surface area contributed by atoms with Gasteiger partial charge in [0.25, 0.3) is 0 Å². The Balaban J connectivity index is 1.76. The summed E-state index contributed by atoms with van der Waals surface area (Å²) >= 11 is 6.10. The molecule has 0 spiro atoms. The van der Waals surface area contributed by atoms with E-state index in [4.69, 9.17) is 20.8 Å². The number of carbonyl (C=O) groups is 1. The van der Waals surface area contributed by atoms with E-state index in [1.54, 1.807) is 12.1 Å². The summed E-state index contributed by atoms with van der Waals surface area (Å²) in [5, 5.41) is 3.38. The van der Waals surface area contributed by atoms with Gasteiger partial charge in [-0.05, 0) is 25.1 Å². The highest BCUT2D eigenvalue weighted by molar-refractivity contribution is 6.21. The van der Waals surface area contributed by atoms with E-state index < -0.39 is 5.97 Å². The van der Waals surface area contributed by atoms with Crippen molar-refractivity contribution < 1.29 is 18.7 Å². The van der Waals surface area contributed by atoms with Crippen molar-refractivity contribution >= 4 is 17.6 Å². The van der Waals surface area contributed by atoms with Gasteiger partial charge in [0, 0.05) is 6.04 Å². The van der Waals surface area contributed by atoms with Crippen LogP contribution in [-0.2, 0) is 16.1 Å². The second kappa shape index (κ2) is 6.22. The van der Waals surface area contributed by atoms with Crippen LogP contribution >= 0.6 is 11.6 Å². The van der Waals surface area contributed by atoms with Crippen LogP contribution in [0.5, 0.6) is 0 Å². The minimum Gasteiger partial charge on any atom is -0.463 e. The van der Waals surface area contributed by atoms with Gasteiger partial charge in [0.2, 0.25) is 5.76 Å². The lowest BCUT2D eigenvalue weighted by Gasteiger charge is -2.13. The molecule has 2 unspecified atom stereocenters. The number of ether oxygens (including phenoxy) is 2. The van der Waals surface area contributed by atoms with Gasteiger partial charge >= 0.3 is 5.97 Å². The number of carbonyl (C=O) groups excluding carboxylic acids is 1. The van der Waals surface area contributed by atoms with Crippen molar-refractivity contribution in [2.45, 2.75) is 24.4 Å². The minimum atomic E-state index is -0.487. The quantitative estimate of drug-likeness (QED) is 0.652. The van der Waals surface area contributed by atoms with Gasteiger partial charge in [-0.2, -0.15) is 0 Å². The second-order valence-electron chi connectivity index (χ2n) is 4.14. The molecular weight excluding hydrogens is 258 g/mol. The molecule has 1 aliphatic rings. The third-order valence-corrected chi connectivity index (χ3v) is 3.38. The third kappa shape index (κ3) is 3.25. The molecule has 0 radical (unpaired) electrons. The zero-order valence-corrected chi connectivity index (χ0v) is 10.9. The average Bonchev–Trinajstić information content (AvgIpc) is 2.99. The first-order valence-corrected chi connectivity index (χ1v) is 6.26. The monoisotopic (exact) mass is 273 g/mol. The molecule has 0 bridgehead atoms. The van der Waals surface area contributed by atoms with Crippen molar-refractivity contribution in [1.82, 2.24) is 5.32 Å². The van der Waals surface area contributed by atoms with Crippen molar-refractivity contribution in [2.24, 2.45) is 0 Å². The number of alkyl halides is 1. The van der Waals surface area contributed by atoms with E-state index in [-0.39, 0.29) is 17.2 Å². The smallest absolute Gasteiger partial charge is 0.373 e. The maximum Gasteiger partial charge on any atom is 0.373 e. The van der Waals surface area contributed by atoms with Gasteiger partial charge in [0.1, 0.15) is 12.4 Å². The standard InChI is InChI=1S/C12H16ClNO4/c1-16-12(15)11-3-2-8(18-11)6-17-7-10-9(13)4-5-14-10/h2-3,9-10,14H,4-7H2,1H3. The molecule has 2 rings (SSSR count). The van der Waals surface area contributed by atoms with E-state index in [1.165, 1.54) is 7.11 Å². The van der Waals surface area contributed by atoms with Crippen molar-refractivity contribution in [3.8, 4) is 0 Å². The van der Waals surface area contributed by atoms with Crippen LogP contribution in [0.3, 0.4) is 0 Å². The summed E-state index contributed by atoms with van der Waals surface area (Å²) in [6.07, 6.45) is 0.961. The van der Waals surface area contributed by atoms with E-state index in [9.17, 15) is 4.79 Å². The van der Waals surface area contributed by atoms with Crippen molar-refractivity contribution in [1.29, 1.82) is 0 Å². The molecule has 1 saturated heterocycles. The van der Waals surface area contributed by atoms with Crippen LogP contribution in [0, 0.1) is 0 Å². The Morgan fingerprint density at radius 3 is 3.11 bits per heavy atom. The van der Waals surface area contributed by atoms with Crippen LogP contribution in [-0.4, -0.2) is 37.6 Å². The van der Waals surface area contributed by atoms with E-state index in [0.717, 1.165) is 13.0 Å². The molecule has 0 saturated carbocycles. The summed E-state index contributed by atoms with van der Waals surface area (Å²) in [5.74, 6) is 0.296. The largest absolute Gasteiger partial charge is 0.463 e. The highest BCUT2D eigenvalue weighted by Crippen LogP contribution is 2.15. The molecule has 1 N–H and O–H groups in total. The first kappa shape index (κ1) is 13.4. The summed E-state index contributed by atoms with van der Waals surface area (Å²) in [7, 11) is 1.31. The van der Waals surface area contributed by atoms with Gasteiger partial charge in [0.15, 0.2) is 0 Å². The third-order valence-electron chi connectivity index (χ3n) is 2.85. The topological polar surface area (TPSA) is 60.7 Å². The second-order valence-corrected chi connectivity index (χ2v) is 4.70. The molecule has 5 nitrogen and oxygen atoms in total. The van der Waals surface area contributed by atoms with Crippen LogP contribution in [0.2, 0.25) is 0 Å². The minimum absolute atomic E-state index is 0.118. The Bertz CT molecular complexity index is 407. The van der Waals surface area contributed by atoms with Crippen LogP contribution < -0.4 is 5.32 Å². The van der Waals surface area contributed by atoms with Crippen LogP contribution in [0.1, 0.15) is 22.7 Å². The van der Waals surface area contributed by atoms with Gasteiger partial charge in [-0.15, -0.1) is 11.6 Å². The highest BCUT2D eigenvalue weighted by atomic mass is 35.5. The van der Waals surface area contributed by atoms with Crippen molar-refractivity contribution in [2.75, 3.05) is 20.3 Å². The Morgan fingerprint density at radius 2 is 2.44 bits per heavy atom. The number of esters is 1. The molecule has 18 heavy (non-hydrogen) atoms. The summed E-state index contributed by atoms with van der Waals surface area (Å²) in [5.41, 5.74) is 0. The zero-order chi connectivity index (χ0) is 13.0. The molecule has 1 aliphatic heterocycles. The van der Waals surface area contributed by atoms with Gasteiger partial charge in [-0.25, -0.2) is 4.79 Å². The predicted molar refractivity (Wildman–Crippen MR) is 65.8 cm³/mol. The van der Waals surface area contributed by atoms with E-state index >= 15 is 0 Å². The molecule has 0 amide bonds. The zero-order valence-electron chi connectivity index (χ0n) is 10.1. The lowest BCUT2D eigenvalue weighted by molar-refractivity contribution is 0.0548. The fourth-order valence-corrected chi connectivity index (χ4v) is 2.12. The van der Waals surface area contributed by atoms with E-state index in [1.807, 2.05) is 0 Å². The number of rotatable bonds is 5. The highest BCUT2D eigenvalue weighted by Gasteiger charge is 2.24. The normalized spacial score (nSPS) is 23.2. The summed E-state index contributed by atoms with van der Waals surface area (Å²) in [6.45, 7) is 1.77. The summed E-state index contributed by atoms with van der Waals surface area (Å²) in [4.78, 5) is 11.2. The number of hydrogen-bond donors (Lipinski definition) is 1. The Labute approximate surface area is 110 Å². The fourth-order valence-electron chi connectivity index (χ4n) is 1.85.